The molecule has 2 aliphatic rings. The summed E-state index contributed by atoms with van der Waals surface area (Å²) in [4.78, 5) is 26.3. The van der Waals surface area contributed by atoms with Crippen LogP contribution in [0.15, 0.2) is 18.2 Å². The van der Waals surface area contributed by atoms with E-state index in [4.69, 9.17) is 26.8 Å². The van der Waals surface area contributed by atoms with Crippen molar-refractivity contribution in [1.82, 2.24) is 15.5 Å². The molecule has 208 valence electrons. The smallest absolute Gasteiger partial charge is 0.406 e. The summed E-state index contributed by atoms with van der Waals surface area (Å²) in [6.07, 6.45) is 5.32. The third kappa shape index (κ3) is 9.63. The number of aryl methyl sites for hydroxylation is 1. The third-order valence-electron chi connectivity index (χ3n) is 7.23. The van der Waals surface area contributed by atoms with Crippen molar-refractivity contribution in [2.24, 2.45) is 17.6 Å². The van der Waals surface area contributed by atoms with E-state index in [-0.39, 0.29) is 24.1 Å². The van der Waals surface area contributed by atoms with Crippen molar-refractivity contribution >= 4 is 23.7 Å². The summed E-state index contributed by atoms with van der Waals surface area (Å²) >= 11 is 6.33. The van der Waals surface area contributed by atoms with E-state index in [0.29, 0.717) is 43.7 Å². The number of ether oxygens (including phenoxy) is 3. The van der Waals surface area contributed by atoms with E-state index < -0.39 is 6.09 Å². The van der Waals surface area contributed by atoms with Crippen LogP contribution in [-0.2, 0) is 14.2 Å². The standard InChI is InChI=1S/C27H43ClN4O5/c1-19-8-9-22(28)15-24(19)25(37-13-10-30-27(34)35-2)21-7-5-11-32(17-21)26(33)31-16-23(29)14-20-6-3-4-12-36-18-20/h8-9,15,20-21,23,25H,3-7,10-14,16-18,29H2,1-2H3,(H,30,34)(H,31,33). The van der Waals surface area contributed by atoms with Crippen LogP contribution in [0.5, 0.6) is 0 Å². The zero-order valence-electron chi connectivity index (χ0n) is 22.2. The molecule has 0 aliphatic carbocycles. The van der Waals surface area contributed by atoms with Crippen molar-refractivity contribution in [3.8, 4) is 0 Å². The number of carbonyl (C=O) groups is 2. The number of urea groups is 1. The van der Waals surface area contributed by atoms with Crippen molar-refractivity contribution < 1.29 is 23.8 Å². The van der Waals surface area contributed by atoms with Gasteiger partial charge in [-0.2, -0.15) is 0 Å². The molecular weight excluding hydrogens is 496 g/mol. The average Bonchev–Trinajstić information content (AvgIpc) is 3.17. The lowest BCUT2D eigenvalue weighted by atomic mass is 9.86. The number of nitrogens with zero attached hydrogens (tertiary/aromatic N) is 1. The Bertz CT molecular complexity index is 865. The van der Waals surface area contributed by atoms with Crippen LogP contribution in [0.25, 0.3) is 0 Å². The molecule has 0 spiro atoms. The van der Waals surface area contributed by atoms with Crippen LogP contribution < -0.4 is 16.4 Å². The van der Waals surface area contributed by atoms with Crippen LogP contribution >= 0.6 is 11.6 Å². The second-order valence-corrected chi connectivity index (χ2v) is 10.6. The number of nitrogens with one attached hydrogen (secondary N) is 2. The highest BCUT2D eigenvalue weighted by Crippen LogP contribution is 2.35. The molecule has 4 atom stereocenters. The van der Waals surface area contributed by atoms with Crippen molar-refractivity contribution in [3.63, 3.8) is 0 Å². The molecule has 37 heavy (non-hydrogen) atoms. The van der Waals surface area contributed by atoms with E-state index in [1.807, 2.05) is 30.0 Å². The van der Waals surface area contributed by atoms with Gasteiger partial charge in [-0.15, -0.1) is 0 Å². The minimum Gasteiger partial charge on any atom is -0.453 e. The second-order valence-electron chi connectivity index (χ2n) is 10.2. The second kappa shape index (κ2) is 15.4. The molecule has 9 nitrogen and oxygen atoms in total. The predicted octanol–water partition coefficient (Wildman–Crippen LogP) is 4.02. The number of alkyl carbamates (subject to hydrolysis) is 1. The predicted molar refractivity (Wildman–Crippen MR) is 144 cm³/mol. The fourth-order valence-corrected chi connectivity index (χ4v) is 5.43. The summed E-state index contributed by atoms with van der Waals surface area (Å²) in [7, 11) is 1.33. The van der Waals surface area contributed by atoms with Crippen molar-refractivity contribution in [3.05, 3.63) is 34.3 Å². The van der Waals surface area contributed by atoms with Gasteiger partial charge in [-0.25, -0.2) is 9.59 Å². The molecule has 3 rings (SSSR count). The first-order chi connectivity index (χ1) is 17.9. The lowest BCUT2D eigenvalue weighted by Crippen LogP contribution is -2.49. The average molecular weight is 539 g/mol. The van der Waals surface area contributed by atoms with Gasteiger partial charge in [0.05, 0.1) is 19.8 Å². The monoisotopic (exact) mass is 538 g/mol. The summed E-state index contributed by atoms with van der Waals surface area (Å²) in [6.45, 7) is 5.97. The van der Waals surface area contributed by atoms with E-state index in [1.54, 1.807) is 0 Å². The number of hydrogen-bond donors (Lipinski definition) is 3. The molecule has 0 radical (unpaired) electrons. The molecule has 1 aromatic rings. The van der Waals surface area contributed by atoms with Crippen molar-refractivity contribution in [1.29, 1.82) is 0 Å². The van der Waals surface area contributed by atoms with E-state index in [0.717, 1.165) is 56.4 Å². The van der Waals surface area contributed by atoms with Crippen LogP contribution in [0.4, 0.5) is 9.59 Å². The van der Waals surface area contributed by atoms with E-state index in [9.17, 15) is 9.59 Å². The van der Waals surface area contributed by atoms with Gasteiger partial charge in [-0.1, -0.05) is 24.1 Å². The van der Waals surface area contributed by atoms with Gasteiger partial charge in [-0.05, 0) is 68.2 Å². The molecule has 4 unspecified atom stereocenters. The third-order valence-corrected chi connectivity index (χ3v) is 7.47. The Balaban J connectivity index is 1.57. The van der Waals surface area contributed by atoms with Gasteiger partial charge in [-0.3, -0.25) is 0 Å². The maximum atomic E-state index is 13.1. The molecule has 1 aromatic carbocycles. The molecule has 3 amide bonds. The number of benzene rings is 1. The number of nitrogens with two attached hydrogens (primary N) is 1. The van der Waals surface area contributed by atoms with E-state index >= 15 is 0 Å². The Morgan fingerprint density at radius 3 is 2.89 bits per heavy atom. The largest absolute Gasteiger partial charge is 0.453 e. The maximum Gasteiger partial charge on any atom is 0.406 e. The lowest BCUT2D eigenvalue weighted by Gasteiger charge is -2.37. The highest BCUT2D eigenvalue weighted by Gasteiger charge is 2.32. The summed E-state index contributed by atoms with van der Waals surface area (Å²) < 4.78 is 16.6. The topological polar surface area (TPSA) is 115 Å². The van der Waals surface area contributed by atoms with Gasteiger partial charge >= 0.3 is 12.1 Å². The number of likely N-dealkylation sites (tertiary alicyclic amines) is 1. The van der Waals surface area contributed by atoms with Gasteiger partial charge in [0.1, 0.15) is 0 Å². The normalized spacial score (nSPS) is 22.0. The first kappa shape index (κ1) is 29.5. The van der Waals surface area contributed by atoms with Crippen LogP contribution in [0, 0.1) is 18.8 Å². The minimum absolute atomic E-state index is 0.0894. The van der Waals surface area contributed by atoms with Crippen LogP contribution in [0.1, 0.15) is 55.8 Å². The summed E-state index contributed by atoms with van der Waals surface area (Å²) in [5.74, 6) is 0.549. The summed E-state index contributed by atoms with van der Waals surface area (Å²) in [5, 5.41) is 6.33. The molecule has 0 aromatic heterocycles. The zero-order valence-corrected chi connectivity index (χ0v) is 22.9. The molecule has 10 heteroatoms. The van der Waals surface area contributed by atoms with Gasteiger partial charge in [0, 0.05) is 56.4 Å². The van der Waals surface area contributed by atoms with E-state index in [2.05, 4.69) is 15.4 Å². The highest BCUT2D eigenvalue weighted by atomic mass is 35.5. The molecular formula is C27H43ClN4O5. The number of methoxy groups -OCH3 is 1. The fraction of sp³-hybridized carbons (Fsp3) is 0.704. The first-order valence-corrected chi connectivity index (χ1v) is 13.8. The lowest BCUT2D eigenvalue weighted by molar-refractivity contribution is -0.00883. The molecule has 0 bridgehead atoms. The molecule has 2 heterocycles. The molecule has 2 aliphatic heterocycles. The van der Waals surface area contributed by atoms with Gasteiger partial charge in [0.2, 0.25) is 0 Å². The molecule has 0 saturated carbocycles. The van der Waals surface area contributed by atoms with Gasteiger partial charge in [0.25, 0.3) is 0 Å². The minimum atomic E-state index is -0.496. The highest BCUT2D eigenvalue weighted by molar-refractivity contribution is 6.30. The summed E-state index contributed by atoms with van der Waals surface area (Å²) in [5.41, 5.74) is 8.43. The Morgan fingerprint density at radius 2 is 2.08 bits per heavy atom. The fourth-order valence-electron chi connectivity index (χ4n) is 5.25. The molecule has 4 N–H and O–H groups in total. The quantitative estimate of drug-likeness (QED) is 0.388. The number of halogens is 1. The van der Waals surface area contributed by atoms with Crippen LogP contribution in [0.3, 0.4) is 0 Å². The van der Waals surface area contributed by atoms with Gasteiger partial charge < -0.3 is 35.5 Å². The number of amides is 3. The number of piperidine rings is 1. The van der Waals surface area contributed by atoms with Crippen LogP contribution in [-0.4, -0.2) is 76.2 Å². The number of hydrogen-bond acceptors (Lipinski definition) is 6. The maximum absolute atomic E-state index is 13.1. The Morgan fingerprint density at radius 1 is 1.24 bits per heavy atom. The Hall–Kier alpha value is -2.07. The van der Waals surface area contributed by atoms with Crippen LogP contribution in [0.2, 0.25) is 5.02 Å². The SMILES string of the molecule is COC(=O)NCCOC(c1cc(Cl)ccc1C)C1CCCN(C(=O)NCC(N)CC2CCCCOC2)C1. The van der Waals surface area contributed by atoms with E-state index in [1.165, 1.54) is 13.5 Å². The Labute approximate surface area is 225 Å². The van der Waals surface area contributed by atoms with Crippen molar-refractivity contribution in [2.45, 2.75) is 57.6 Å². The zero-order chi connectivity index (χ0) is 26.6. The number of carbonyl (C=O) groups excluding carboxylic acids is 2. The summed E-state index contributed by atoms with van der Waals surface area (Å²) in [6, 6.07) is 5.59. The van der Waals surface area contributed by atoms with Crippen molar-refractivity contribution in [2.75, 3.05) is 53.1 Å². The molecule has 2 fully saturated rings. The van der Waals surface area contributed by atoms with Gasteiger partial charge in [0.15, 0.2) is 0 Å². The Kier molecular flexibility index (Phi) is 12.2. The number of rotatable bonds is 10. The first-order valence-electron chi connectivity index (χ1n) is 13.4. The molecule has 2 saturated heterocycles.